The van der Waals surface area contributed by atoms with Crippen LogP contribution in [-0.2, 0) is 0 Å². The van der Waals surface area contributed by atoms with Crippen molar-refractivity contribution in [3.63, 3.8) is 0 Å². The fraction of sp³-hybridized carbons (Fsp3) is 0.400. The largest absolute Gasteiger partial charge is 0.495 e. The molecule has 0 aromatic heterocycles. The summed E-state index contributed by atoms with van der Waals surface area (Å²) in [6.07, 6.45) is -2.79. The molecular formula is C10H12ClF2NO. The van der Waals surface area contributed by atoms with Crippen molar-refractivity contribution in [2.24, 2.45) is 5.73 Å². The molecule has 0 amide bonds. The Balaban J connectivity index is 2.85. The van der Waals surface area contributed by atoms with Gasteiger partial charge in [-0.05, 0) is 17.7 Å². The van der Waals surface area contributed by atoms with E-state index in [1.54, 1.807) is 18.2 Å². The van der Waals surface area contributed by atoms with Crippen molar-refractivity contribution in [1.29, 1.82) is 0 Å². The molecule has 1 rings (SSSR count). The topological polar surface area (TPSA) is 35.2 Å². The van der Waals surface area contributed by atoms with Crippen LogP contribution in [0.15, 0.2) is 18.2 Å². The fourth-order valence-electron chi connectivity index (χ4n) is 1.24. The van der Waals surface area contributed by atoms with E-state index >= 15 is 0 Å². The van der Waals surface area contributed by atoms with Gasteiger partial charge in [0.1, 0.15) is 5.75 Å². The molecule has 1 aromatic carbocycles. The van der Waals surface area contributed by atoms with Gasteiger partial charge in [-0.2, -0.15) is 0 Å². The highest BCUT2D eigenvalue weighted by molar-refractivity contribution is 6.32. The van der Waals surface area contributed by atoms with Crippen LogP contribution in [0.4, 0.5) is 8.78 Å². The van der Waals surface area contributed by atoms with Crippen LogP contribution in [-0.4, -0.2) is 13.5 Å². The summed E-state index contributed by atoms with van der Waals surface area (Å²) < 4.78 is 29.2. The first kappa shape index (κ1) is 12.2. The minimum atomic E-state index is -2.42. The molecule has 0 fully saturated rings. The number of methoxy groups -OCH3 is 1. The van der Waals surface area contributed by atoms with Gasteiger partial charge in [-0.3, -0.25) is 0 Å². The second-order valence-corrected chi connectivity index (χ2v) is 3.53. The highest BCUT2D eigenvalue weighted by atomic mass is 35.5. The Morgan fingerprint density at radius 3 is 2.67 bits per heavy atom. The molecule has 0 spiro atoms. The minimum Gasteiger partial charge on any atom is -0.495 e. The number of nitrogens with two attached hydrogens (primary N) is 1. The lowest BCUT2D eigenvalue weighted by atomic mass is 10.0. The summed E-state index contributed by atoms with van der Waals surface area (Å²) in [5.41, 5.74) is 6.18. The van der Waals surface area contributed by atoms with Gasteiger partial charge < -0.3 is 10.5 Å². The lowest BCUT2D eigenvalue weighted by molar-refractivity contribution is 0.128. The van der Waals surface area contributed by atoms with Crippen LogP contribution in [0, 0.1) is 0 Å². The summed E-state index contributed by atoms with van der Waals surface area (Å²) >= 11 is 5.79. The van der Waals surface area contributed by atoms with Gasteiger partial charge in [0.2, 0.25) is 6.43 Å². The van der Waals surface area contributed by atoms with E-state index in [-0.39, 0.29) is 6.42 Å². The van der Waals surface area contributed by atoms with Crippen molar-refractivity contribution >= 4 is 11.6 Å². The smallest absolute Gasteiger partial charge is 0.240 e. The molecule has 84 valence electrons. The van der Waals surface area contributed by atoms with Crippen LogP contribution in [0.5, 0.6) is 5.75 Å². The van der Waals surface area contributed by atoms with Crippen LogP contribution in [0.1, 0.15) is 18.0 Å². The van der Waals surface area contributed by atoms with E-state index in [1.165, 1.54) is 7.11 Å². The maximum atomic E-state index is 12.1. The molecule has 5 heteroatoms. The van der Waals surface area contributed by atoms with E-state index in [0.717, 1.165) is 0 Å². The number of benzene rings is 1. The monoisotopic (exact) mass is 235 g/mol. The summed E-state index contributed by atoms with van der Waals surface area (Å²) in [5.74, 6) is 0.443. The maximum Gasteiger partial charge on any atom is 0.240 e. The van der Waals surface area contributed by atoms with Crippen molar-refractivity contribution in [2.45, 2.75) is 18.9 Å². The van der Waals surface area contributed by atoms with Gasteiger partial charge in [-0.15, -0.1) is 0 Å². The standard InChI is InChI=1S/C10H12ClF2NO/c1-15-9-4-6(2-3-7(9)11)8(14)5-10(12)13/h2-4,8,10H,5,14H2,1H3/t8-/m0/s1. The molecule has 0 aliphatic heterocycles. The second kappa shape index (κ2) is 5.28. The van der Waals surface area contributed by atoms with E-state index in [1.807, 2.05) is 0 Å². The molecule has 0 heterocycles. The zero-order valence-corrected chi connectivity index (χ0v) is 8.97. The predicted molar refractivity (Wildman–Crippen MR) is 55.6 cm³/mol. The van der Waals surface area contributed by atoms with E-state index < -0.39 is 12.5 Å². The first-order valence-electron chi connectivity index (χ1n) is 4.41. The fourth-order valence-corrected chi connectivity index (χ4v) is 1.43. The highest BCUT2D eigenvalue weighted by Gasteiger charge is 2.14. The second-order valence-electron chi connectivity index (χ2n) is 3.13. The lowest BCUT2D eigenvalue weighted by Crippen LogP contribution is -2.13. The Bertz CT molecular complexity index is 333. The Morgan fingerprint density at radius 1 is 1.47 bits per heavy atom. The number of alkyl halides is 2. The Morgan fingerprint density at radius 2 is 2.13 bits per heavy atom. The highest BCUT2D eigenvalue weighted by Crippen LogP contribution is 2.28. The van der Waals surface area contributed by atoms with Crippen molar-refractivity contribution in [2.75, 3.05) is 7.11 Å². The van der Waals surface area contributed by atoms with Gasteiger partial charge in [0.05, 0.1) is 12.1 Å². The van der Waals surface area contributed by atoms with Gasteiger partial charge in [0.25, 0.3) is 0 Å². The van der Waals surface area contributed by atoms with E-state index in [0.29, 0.717) is 16.3 Å². The summed E-state index contributed by atoms with van der Waals surface area (Å²) in [4.78, 5) is 0. The molecule has 15 heavy (non-hydrogen) atoms. The third-order valence-electron chi connectivity index (χ3n) is 2.04. The summed E-state index contributed by atoms with van der Waals surface area (Å²) in [6.45, 7) is 0. The molecule has 2 N–H and O–H groups in total. The average Bonchev–Trinajstić information content (AvgIpc) is 2.17. The summed E-state index contributed by atoms with van der Waals surface area (Å²) in [7, 11) is 1.46. The number of halogens is 3. The summed E-state index contributed by atoms with van der Waals surface area (Å²) in [6, 6.07) is 4.09. The Labute approximate surface area is 92.0 Å². The minimum absolute atomic E-state index is 0.370. The number of hydrogen-bond acceptors (Lipinski definition) is 2. The third-order valence-corrected chi connectivity index (χ3v) is 2.35. The SMILES string of the molecule is COc1cc([C@@H](N)CC(F)F)ccc1Cl. The zero-order valence-electron chi connectivity index (χ0n) is 8.21. The quantitative estimate of drug-likeness (QED) is 0.871. The average molecular weight is 236 g/mol. The molecule has 2 nitrogen and oxygen atoms in total. The molecular weight excluding hydrogens is 224 g/mol. The molecule has 1 atom stereocenters. The normalized spacial score (nSPS) is 12.9. The molecule has 0 aliphatic rings. The van der Waals surface area contributed by atoms with Gasteiger partial charge in [-0.1, -0.05) is 17.7 Å². The van der Waals surface area contributed by atoms with Gasteiger partial charge in [-0.25, -0.2) is 8.78 Å². The van der Waals surface area contributed by atoms with E-state index in [9.17, 15) is 8.78 Å². The summed E-state index contributed by atoms with van der Waals surface area (Å²) in [5, 5.41) is 0.436. The molecule has 0 bridgehead atoms. The van der Waals surface area contributed by atoms with Gasteiger partial charge in [0.15, 0.2) is 0 Å². The molecule has 0 saturated heterocycles. The van der Waals surface area contributed by atoms with Crippen LogP contribution in [0.2, 0.25) is 5.02 Å². The molecule has 0 radical (unpaired) electrons. The molecule has 0 aliphatic carbocycles. The lowest BCUT2D eigenvalue weighted by Gasteiger charge is -2.13. The molecule has 0 saturated carbocycles. The van der Waals surface area contributed by atoms with Crippen molar-refractivity contribution in [3.05, 3.63) is 28.8 Å². The van der Waals surface area contributed by atoms with Crippen LogP contribution in [0.3, 0.4) is 0 Å². The van der Waals surface area contributed by atoms with Crippen LogP contribution in [0.25, 0.3) is 0 Å². The van der Waals surface area contributed by atoms with Crippen molar-refractivity contribution < 1.29 is 13.5 Å². The maximum absolute atomic E-state index is 12.1. The van der Waals surface area contributed by atoms with E-state index in [4.69, 9.17) is 22.1 Å². The third kappa shape index (κ3) is 3.32. The van der Waals surface area contributed by atoms with Crippen molar-refractivity contribution in [1.82, 2.24) is 0 Å². The van der Waals surface area contributed by atoms with Gasteiger partial charge in [0, 0.05) is 12.5 Å². The molecule has 0 unspecified atom stereocenters. The first-order chi connectivity index (χ1) is 7.04. The number of hydrogen-bond donors (Lipinski definition) is 1. The van der Waals surface area contributed by atoms with E-state index in [2.05, 4.69) is 0 Å². The first-order valence-corrected chi connectivity index (χ1v) is 4.79. The Hall–Kier alpha value is -0.870. The Kier molecular flexibility index (Phi) is 4.29. The van der Waals surface area contributed by atoms with Crippen LogP contribution >= 0.6 is 11.6 Å². The van der Waals surface area contributed by atoms with Crippen molar-refractivity contribution in [3.8, 4) is 5.75 Å². The van der Waals surface area contributed by atoms with Crippen LogP contribution < -0.4 is 10.5 Å². The molecule has 1 aromatic rings. The zero-order chi connectivity index (χ0) is 11.4. The predicted octanol–water partition coefficient (Wildman–Crippen LogP) is 3.00. The van der Waals surface area contributed by atoms with Gasteiger partial charge >= 0.3 is 0 Å². The number of ether oxygens (including phenoxy) is 1. The number of rotatable bonds is 4.